The molecule has 20 atom stereocenters. The number of aliphatic hydroxyl groups excluding tert-OH is 5. The average Bonchev–Trinajstić information content (AvgIpc) is 3.01. The van der Waals surface area contributed by atoms with Crippen LogP contribution in [0.5, 0.6) is 5.75 Å². The fourth-order valence-electron chi connectivity index (χ4n) is 21.1. The Balaban J connectivity index is 1.01. The van der Waals surface area contributed by atoms with Gasteiger partial charge in [0, 0.05) is 73.2 Å². The summed E-state index contributed by atoms with van der Waals surface area (Å²) in [7, 11) is 4.22. The van der Waals surface area contributed by atoms with Crippen LogP contribution in [0.4, 0.5) is 5.69 Å². The van der Waals surface area contributed by atoms with Crippen molar-refractivity contribution in [2.45, 2.75) is 202 Å². The predicted molar refractivity (Wildman–Crippen MR) is 311 cm³/mol. The van der Waals surface area contributed by atoms with Crippen molar-refractivity contribution >= 4 is 39.0 Å². The monoisotopic (exact) mass is 1160 g/mol. The number of anilines is 1. The number of carbonyl (C=O) groups excluding carboxylic acids is 2. The Morgan fingerprint density at radius 2 is 1.73 bits per heavy atom. The second kappa shape index (κ2) is 21.1. The van der Waals surface area contributed by atoms with Crippen LogP contribution in [0.25, 0.3) is 0 Å². The quantitative estimate of drug-likeness (QED) is 0.0449. The number of amides is 1. The Morgan fingerprint density at radius 1 is 0.951 bits per heavy atom. The summed E-state index contributed by atoms with van der Waals surface area (Å²) < 4.78 is 12.0. The number of nitrogens with zero attached hydrogens (tertiary/aromatic N) is 1. The summed E-state index contributed by atoms with van der Waals surface area (Å²) in [6.45, 7) is 8.74. The number of aryl methyl sites for hydroxylation is 1. The molecular formula is C64H94N2O13S2. The third-order valence-electron chi connectivity index (χ3n) is 25.5. The van der Waals surface area contributed by atoms with Crippen LogP contribution in [0, 0.1) is 74.4 Å². The minimum Gasteiger partial charge on any atom is -0.508 e. The van der Waals surface area contributed by atoms with Gasteiger partial charge in [-0.2, -0.15) is 0 Å². The molecule has 0 aromatic heterocycles. The number of allylic oxidation sites excluding steroid dienone is 2. The Bertz CT molecular complexity index is 2650. The molecule has 1 aromatic carbocycles. The van der Waals surface area contributed by atoms with Gasteiger partial charge in [0.15, 0.2) is 5.78 Å². The molecule has 4 spiro atoms. The average molecular weight is 1160 g/mol. The third kappa shape index (κ3) is 8.34. The topological polar surface area (TPSA) is 253 Å². The molecule has 0 radical (unpaired) electrons. The molecule has 8 bridgehead atoms. The number of benzene rings is 1. The Morgan fingerprint density at radius 3 is 2.46 bits per heavy atom. The fraction of sp³-hybridized carbons (Fsp3) is 0.812. The lowest BCUT2D eigenvalue weighted by molar-refractivity contribution is -0.235. The van der Waals surface area contributed by atoms with Crippen molar-refractivity contribution in [3.8, 4) is 5.75 Å². The number of hydrogen-bond donors (Lipinski definition) is 10. The van der Waals surface area contributed by atoms with E-state index in [-0.39, 0.29) is 85.8 Å². The van der Waals surface area contributed by atoms with Crippen molar-refractivity contribution in [2.24, 2.45) is 74.4 Å². The lowest BCUT2D eigenvalue weighted by atomic mass is 9.38. The van der Waals surface area contributed by atoms with Crippen molar-refractivity contribution in [2.75, 3.05) is 50.7 Å². The van der Waals surface area contributed by atoms with Crippen molar-refractivity contribution < 1.29 is 65.0 Å². The number of hydrogen-bond acceptors (Lipinski definition) is 16. The van der Waals surface area contributed by atoms with Crippen LogP contribution in [-0.4, -0.2) is 156 Å². The zero-order chi connectivity index (χ0) is 57.5. The van der Waals surface area contributed by atoms with E-state index < -0.39 is 104 Å². The largest absolute Gasteiger partial charge is 0.508 e. The summed E-state index contributed by atoms with van der Waals surface area (Å²) in [5.74, 6) is -2.54. The van der Waals surface area contributed by atoms with Gasteiger partial charge in [0.25, 0.3) is 0 Å². The van der Waals surface area contributed by atoms with Gasteiger partial charge in [-0.3, -0.25) is 9.59 Å². The maximum Gasteiger partial charge on any atom is 0.234 e. The summed E-state index contributed by atoms with van der Waals surface area (Å²) in [5.41, 5.74) is -11.3. The van der Waals surface area contributed by atoms with Crippen molar-refractivity contribution in [1.29, 1.82) is 0 Å². The first-order valence-electron chi connectivity index (χ1n) is 31.2. The van der Waals surface area contributed by atoms with E-state index in [2.05, 4.69) is 32.2 Å². The number of ether oxygens (including phenoxy) is 2. The van der Waals surface area contributed by atoms with Crippen LogP contribution in [0.1, 0.15) is 149 Å². The van der Waals surface area contributed by atoms with Gasteiger partial charge in [0.2, 0.25) is 5.91 Å². The summed E-state index contributed by atoms with van der Waals surface area (Å²) in [6.07, 6.45) is 13.3. The number of fused-ring (bicyclic) bond motifs is 1. The maximum absolute atomic E-state index is 16.5. The van der Waals surface area contributed by atoms with Gasteiger partial charge in [0.05, 0.1) is 41.3 Å². The number of carbonyl (C=O) groups is 2. The van der Waals surface area contributed by atoms with Gasteiger partial charge in [-0.15, -0.1) is 0 Å². The maximum atomic E-state index is 16.5. The first-order valence-corrected chi connectivity index (χ1v) is 33.6. The molecule has 17 heteroatoms. The molecule has 8 aliphatic carbocycles. The number of methoxy groups -OCH3 is 1. The number of rotatable bonds is 12. The van der Waals surface area contributed by atoms with Crippen molar-refractivity contribution in [3.05, 3.63) is 47.6 Å². The summed E-state index contributed by atoms with van der Waals surface area (Å²) >= 11 is 0. The molecule has 5 aliphatic heterocycles. The first kappa shape index (κ1) is 59.2. The third-order valence-corrected chi connectivity index (χ3v) is 28.1. The molecule has 8 fully saturated rings. The van der Waals surface area contributed by atoms with Crippen molar-refractivity contribution in [1.82, 2.24) is 5.32 Å². The van der Waals surface area contributed by atoms with E-state index in [1.807, 2.05) is 19.1 Å². The van der Waals surface area contributed by atoms with Crippen molar-refractivity contribution in [3.63, 3.8) is 0 Å². The van der Waals surface area contributed by atoms with E-state index in [0.717, 1.165) is 61.3 Å². The number of nitrogens with one attached hydrogen (secondary N) is 1. The van der Waals surface area contributed by atoms with E-state index >= 15 is 9.59 Å². The number of phenols is 1. The number of ketones is 1. The van der Waals surface area contributed by atoms with E-state index in [1.165, 1.54) is 10.8 Å². The van der Waals surface area contributed by atoms with E-state index in [0.29, 0.717) is 81.5 Å². The molecule has 2 saturated heterocycles. The molecule has 14 rings (SSSR count). The smallest absolute Gasteiger partial charge is 0.234 e. The number of aliphatic hydroxyl groups is 8. The van der Waals surface area contributed by atoms with Crippen LogP contribution in [0.3, 0.4) is 0 Å². The first-order chi connectivity index (χ1) is 38.5. The molecule has 450 valence electrons. The minimum absolute atomic E-state index is 0.0327. The minimum atomic E-state index is -2.03. The van der Waals surface area contributed by atoms with Crippen LogP contribution < -0.4 is 10.2 Å². The highest BCUT2D eigenvalue weighted by Gasteiger charge is 2.79. The Kier molecular flexibility index (Phi) is 15.4. The predicted octanol–water partition coefficient (Wildman–Crippen LogP) is 6.76. The fourth-order valence-corrected chi connectivity index (χ4v) is 24.2. The van der Waals surface area contributed by atoms with Gasteiger partial charge in [-0.05, 0) is 179 Å². The molecule has 81 heavy (non-hydrogen) atoms. The van der Waals surface area contributed by atoms with Crippen LogP contribution in [0.15, 0.2) is 42.0 Å². The zero-order valence-electron chi connectivity index (χ0n) is 48.6. The summed E-state index contributed by atoms with van der Waals surface area (Å²) in [6, 6.07) is 5.34. The summed E-state index contributed by atoms with van der Waals surface area (Å²) in [4.78, 5) is 34.2. The van der Waals surface area contributed by atoms with E-state index in [1.54, 1.807) is 30.2 Å². The zero-order valence-corrected chi connectivity index (χ0v) is 50.2. The van der Waals surface area contributed by atoms with Crippen LogP contribution in [0.2, 0.25) is 0 Å². The lowest BCUT2D eigenvalue weighted by Crippen LogP contribution is -2.72. The number of aromatic hydroxyl groups is 1. The van der Waals surface area contributed by atoms with Gasteiger partial charge in [0.1, 0.15) is 28.5 Å². The molecule has 13 aliphatic rings. The highest BCUT2D eigenvalue weighted by molar-refractivity contribution is 8.76. The molecule has 1 amide bonds. The molecule has 10 N–H and O–H groups in total. The van der Waals surface area contributed by atoms with E-state index in [4.69, 9.17) is 9.47 Å². The molecule has 20 unspecified atom stereocenters. The van der Waals surface area contributed by atoms with Gasteiger partial charge in [-0.1, -0.05) is 80.7 Å². The van der Waals surface area contributed by atoms with Crippen LogP contribution >= 0.6 is 21.6 Å². The SMILES string of the molecule is COCCCC1(NCC2CCC3(CN4C(=O)C35C(CO)CCCC5CSSC(O)C35CC(O)C(O)(CO)CC3(C)C3CC6C=CCC(O)(C7OC7C(C)C(C)C)C7CCC(O)(C3=CC5=O)C67CCc3cc(O)cc4c3)C2O)CCCC1. The van der Waals surface area contributed by atoms with Gasteiger partial charge < -0.3 is 65.6 Å². The highest BCUT2D eigenvalue weighted by atomic mass is 33.1. The van der Waals surface area contributed by atoms with Gasteiger partial charge >= 0.3 is 0 Å². The molecule has 5 heterocycles. The second-order valence-electron chi connectivity index (χ2n) is 28.9. The number of epoxide rings is 1. The molecule has 15 nitrogen and oxygen atoms in total. The van der Waals surface area contributed by atoms with E-state index in [9.17, 15) is 46.0 Å². The summed E-state index contributed by atoms with van der Waals surface area (Å²) in [5, 5.41) is 117. The highest BCUT2D eigenvalue weighted by Crippen LogP contribution is 2.77. The molecule has 6 saturated carbocycles. The normalized spacial score (nSPS) is 47.4. The lowest BCUT2D eigenvalue weighted by Gasteiger charge is -2.68. The second-order valence-corrected chi connectivity index (χ2v) is 31.4. The standard InChI is InChI=1S/C64H94N2O13S2/c1-37(2)38(3)51-53(79-51)62(76)20-9-13-41-27-46-47-29-49(70)61(30-50(71)59(75,36-68)34-56(46,61)4)55(74)81-80-33-43-12-8-11-42(32-67)64(43)54(73)66(44-25-39(26-45(69)28-44)14-22-60(41)48(62)16-23-63(47,60)77)35-58(64)21-15-40(52(58)72)31-65-57(17-6-7-18-57)19-10-24-78-5/h9,13,25-26,28-29,37-38,40-43,46,48,50-53,55,65,67-69,71-72,74-77H,6-8,10-12,14-24,27,30-36H2,1-5H3. The van der Waals surface area contributed by atoms with Gasteiger partial charge in [-0.25, -0.2) is 0 Å². The van der Waals surface area contributed by atoms with Crippen LogP contribution in [-0.2, 0) is 25.5 Å². The number of phenolic OH excluding ortho intramolecular Hbond substituents is 1. The Hall–Kier alpha value is -2.10. The molecule has 1 aromatic rings. The molecular weight excluding hydrogens is 1070 g/mol. The Labute approximate surface area is 487 Å².